The number of nitrogens with zero attached hydrogens (tertiary/aromatic N) is 3. The van der Waals surface area contributed by atoms with Crippen molar-refractivity contribution < 1.29 is 14.6 Å². The minimum atomic E-state index is -0.715. The number of rotatable bonds is 2. The third-order valence-corrected chi connectivity index (χ3v) is 6.20. The van der Waals surface area contributed by atoms with Gasteiger partial charge in [0, 0.05) is 44.6 Å². The number of imidazole rings is 1. The van der Waals surface area contributed by atoms with E-state index in [1.165, 1.54) is 0 Å². The number of piperidine rings is 1. The van der Waals surface area contributed by atoms with E-state index in [9.17, 15) is 9.90 Å². The summed E-state index contributed by atoms with van der Waals surface area (Å²) >= 11 is 6.00. The molecule has 0 spiro atoms. The van der Waals surface area contributed by atoms with E-state index < -0.39 is 5.60 Å². The van der Waals surface area contributed by atoms with E-state index in [-0.39, 0.29) is 17.7 Å². The summed E-state index contributed by atoms with van der Waals surface area (Å²) in [5, 5.41) is 11.9. The Morgan fingerprint density at radius 1 is 1.35 bits per heavy atom. The molecular formula is C19H24ClN3O3. The molecule has 1 N–H and O–H groups in total. The second-order valence-corrected chi connectivity index (χ2v) is 7.96. The van der Waals surface area contributed by atoms with Gasteiger partial charge in [-0.25, -0.2) is 4.98 Å². The molecule has 140 valence electrons. The van der Waals surface area contributed by atoms with Crippen LogP contribution in [0.25, 0.3) is 5.65 Å². The maximum Gasteiger partial charge on any atom is 0.274 e. The fourth-order valence-corrected chi connectivity index (χ4v) is 4.53. The topological polar surface area (TPSA) is 67.1 Å². The maximum atomic E-state index is 12.9. The highest BCUT2D eigenvalue weighted by Crippen LogP contribution is 2.39. The number of amides is 1. The Morgan fingerprint density at radius 2 is 2.12 bits per heavy atom. The van der Waals surface area contributed by atoms with Gasteiger partial charge < -0.3 is 19.1 Å². The molecule has 0 aliphatic carbocycles. The molecule has 1 amide bonds. The van der Waals surface area contributed by atoms with Gasteiger partial charge in [-0.05, 0) is 37.3 Å². The number of pyridine rings is 1. The van der Waals surface area contributed by atoms with Crippen LogP contribution in [0.1, 0.15) is 36.7 Å². The number of carbonyl (C=O) groups excluding carboxylic acids is 1. The lowest BCUT2D eigenvalue weighted by atomic mass is 9.70. The average molecular weight is 378 g/mol. The number of likely N-dealkylation sites (tertiary alicyclic amines) is 1. The average Bonchev–Trinajstić information content (AvgIpc) is 3.07. The van der Waals surface area contributed by atoms with Crippen molar-refractivity contribution in [2.75, 3.05) is 26.3 Å². The van der Waals surface area contributed by atoms with Gasteiger partial charge in [0.25, 0.3) is 5.91 Å². The predicted molar refractivity (Wildman–Crippen MR) is 98.4 cm³/mol. The summed E-state index contributed by atoms with van der Waals surface area (Å²) in [5.41, 5.74) is 0.394. The number of halogens is 1. The smallest absolute Gasteiger partial charge is 0.274 e. The van der Waals surface area contributed by atoms with Crippen molar-refractivity contribution in [2.45, 2.75) is 31.8 Å². The number of aliphatic hydroxyl groups is 1. The van der Waals surface area contributed by atoms with Crippen LogP contribution in [0.5, 0.6) is 0 Å². The van der Waals surface area contributed by atoms with E-state index in [2.05, 4.69) is 4.98 Å². The number of hydrogen-bond donors (Lipinski definition) is 1. The molecule has 0 unspecified atom stereocenters. The van der Waals surface area contributed by atoms with Crippen LogP contribution in [0.15, 0.2) is 24.5 Å². The van der Waals surface area contributed by atoms with Crippen LogP contribution in [0.4, 0.5) is 0 Å². The maximum absolute atomic E-state index is 12.9. The minimum absolute atomic E-state index is 0.0229. The summed E-state index contributed by atoms with van der Waals surface area (Å²) in [7, 11) is 0. The molecule has 2 fully saturated rings. The largest absolute Gasteiger partial charge is 0.389 e. The summed E-state index contributed by atoms with van der Waals surface area (Å²) in [6.07, 6.45) is 5.84. The van der Waals surface area contributed by atoms with Gasteiger partial charge in [0.05, 0.1) is 10.6 Å². The van der Waals surface area contributed by atoms with Gasteiger partial charge in [-0.1, -0.05) is 18.5 Å². The van der Waals surface area contributed by atoms with Gasteiger partial charge >= 0.3 is 0 Å². The van der Waals surface area contributed by atoms with Crippen LogP contribution >= 0.6 is 11.6 Å². The standard InChI is InChI=1S/C19H24ClN3O3/c1-13-10-22(7-6-19(13,25)14-4-8-26-9-5-14)18(24)16-12-23-11-15(20)2-3-17(23)21-16/h2-3,11-14,25H,4-10H2,1H3/t13-,19+/m1/s1. The normalized spacial score (nSPS) is 27.8. The zero-order valence-electron chi connectivity index (χ0n) is 14.9. The molecule has 2 aliphatic rings. The molecule has 0 saturated carbocycles. The lowest BCUT2D eigenvalue weighted by molar-refractivity contribution is -0.125. The van der Waals surface area contributed by atoms with E-state index >= 15 is 0 Å². The quantitative estimate of drug-likeness (QED) is 0.873. The number of hydrogen-bond acceptors (Lipinski definition) is 4. The molecule has 0 aromatic carbocycles. The molecule has 0 bridgehead atoms. The summed E-state index contributed by atoms with van der Waals surface area (Å²) < 4.78 is 7.19. The van der Waals surface area contributed by atoms with E-state index in [1.807, 2.05) is 11.8 Å². The van der Waals surface area contributed by atoms with Crippen molar-refractivity contribution in [3.8, 4) is 0 Å². The fourth-order valence-electron chi connectivity index (χ4n) is 4.36. The van der Waals surface area contributed by atoms with Gasteiger partial charge in [-0.15, -0.1) is 0 Å². The van der Waals surface area contributed by atoms with Crippen molar-refractivity contribution in [1.82, 2.24) is 14.3 Å². The first kappa shape index (κ1) is 17.8. The van der Waals surface area contributed by atoms with Crippen molar-refractivity contribution >= 4 is 23.2 Å². The Morgan fingerprint density at radius 3 is 2.85 bits per heavy atom. The van der Waals surface area contributed by atoms with Crippen molar-refractivity contribution in [2.24, 2.45) is 11.8 Å². The molecular weight excluding hydrogens is 354 g/mol. The van der Waals surface area contributed by atoms with Crippen molar-refractivity contribution in [1.29, 1.82) is 0 Å². The zero-order chi connectivity index (χ0) is 18.3. The number of ether oxygens (including phenoxy) is 1. The second kappa shape index (κ2) is 6.83. The number of fused-ring (bicyclic) bond motifs is 1. The molecule has 4 rings (SSSR count). The monoisotopic (exact) mass is 377 g/mol. The van der Waals surface area contributed by atoms with Crippen LogP contribution in [0.2, 0.25) is 5.02 Å². The highest BCUT2D eigenvalue weighted by molar-refractivity contribution is 6.30. The van der Waals surface area contributed by atoms with Crippen LogP contribution in [-0.2, 0) is 4.74 Å². The first-order chi connectivity index (χ1) is 12.5. The van der Waals surface area contributed by atoms with Crippen molar-refractivity contribution in [3.63, 3.8) is 0 Å². The number of aromatic nitrogens is 2. The lowest BCUT2D eigenvalue weighted by Crippen LogP contribution is -2.56. The Kier molecular flexibility index (Phi) is 4.67. The molecule has 0 radical (unpaired) electrons. The van der Waals surface area contributed by atoms with Gasteiger partial charge in [0.15, 0.2) is 0 Å². The Balaban J connectivity index is 1.49. The molecule has 2 aromatic rings. The van der Waals surface area contributed by atoms with Crippen LogP contribution in [0.3, 0.4) is 0 Å². The van der Waals surface area contributed by atoms with Crippen LogP contribution in [-0.4, -0.2) is 57.2 Å². The van der Waals surface area contributed by atoms with E-state index in [0.717, 1.165) is 12.8 Å². The van der Waals surface area contributed by atoms with E-state index in [0.29, 0.717) is 49.1 Å². The molecule has 2 atom stereocenters. The molecule has 6 nitrogen and oxygen atoms in total. The number of carbonyl (C=O) groups is 1. The van der Waals surface area contributed by atoms with Crippen molar-refractivity contribution in [3.05, 3.63) is 35.2 Å². The highest BCUT2D eigenvalue weighted by Gasteiger charge is 2.46. The summed E-state index contributed by atoms with van der Waals surface area (Å²) in [4.78, 5) is 19.1. The Bertz CT molecular complexity index is 817. The third kappa shape index (κ3) is 3.10. The minimum Gasteiger partial charge on any atom is -0.389 e. The van der Waals surface area contributed by atoms with Crippen LogP contribution < -0.4 is 0 Å². The van der Waals surface area contributed by atoms with Gasteiger partial charge in [-0.3, -0.25) is 4.79 Å². The SMILES string of the molecule is C[C@@H]1CN(C(=O)c2cn3cc(Cl)ccc3n2)CC[C@@]1(O)C1CCOCC1. The summed E-state index contributed by atoms with van der Waals surface area (Å²) in [6, 6.07) is 3.55. The third-order valence-electron chi connectivity index (χ3n) is 5.98. The first-order valence-corrected chi connectivity index (χ1v) is 9.59. The van der Waals surface area contributed by atoms with Crippen LogP contribution in [0, 0.1) is 11.8 Å². The summed E-state index contributed by atoms with van der Waals surface area (Å²) in [6.45, 7) is 4.56. The molecule has 2 saturated heterocycles. The molecule has 4 heterocycles. The van der Waals surface area contributed by atoms with Gasteiger partial charge in [0.1, 0.15) is 11.3 Å². The lowest BCUT2D eigenvalue weighted by Gasteiger charge is -2.48. The van der Waals surface area contributed by atoms with E-state index in [1.54, 1.807) is 28.9 Å². The van der Waals surface area contributed by atoms with Gasteiger partial charge in [-0.2, -0.15) is 0 Å². The zero-order valence-corrected chi connectivity index (χ0v) is 15.7. The Hall–Kier alpha value is -1.63. The predicted octanol–water partition coefficient (Wildman–Crippen LogP) is 2.63. The Labute approximate surface area is 157 Å². The fraction of sp³-hybridized carbons (Fsp3) is 0.579. The van der Waals surface area contributed by atoms with E-state index in [4.69, 9.17) is 16.3 Å². The molecule has 7 heteroatoms. The summed E-state index contributed by atoms with van der Waals surface area (Å²) in [5.74, 6) is 0.182. The molecule has 2 aliphatic heterocycles. The highest BCUT2D eigenvalue weighted by atomic mass is 35.5. The molecule has 26 heavy (non-hydrogen) atoms. The van der Waals surface area contributed by atoms with Gasteiger partial charge in [0.2, 0.25) is 0 Å². The second-order valence-electron chi connectivity index (χ2n) is 7.52. The molecule has 2 aromatic heterocycles. The first-order valence-electron chi connectivity index (χ1n) is 9.21.